The van der Waals surface area contributed by atoms with Crippen LogP contribution >= 0.6 is 0 Å². The maximum absolute atomic E-state index is 13.4. The highest BCUT2D eigenvalue weighted by Crippen LogP contribution is 2.29. The minimum absolute atomic E-state index is 0.0937. The summed E-state index contributed by atoms with van der Waals surface area (Å²) in [6, 6.07) is 6.12. The molecule has 104 valence electrons. The van der Waals surface area contributed by atoms with Gasteiger partial charge in [0, 0.05) is 12.1 Å². The van der Waals surface area contributed by atoms with Crippen LogP contribution in [0.4, 0.5) is 4.39 Å². The number of aromatic carboxylic acids is 1. The highest BCUT2D eigenvalue weighted by molar-refractivity contribution is 5.88. The van der Waals surface area contributed by atoms with E-state index in [4.69, 9.17) is 0 Å². The lowest BCUT2D eigenvalue weighted by Crippen LogP contribution is -2.19. The van der Waals surface area contributed by atoms with E-state index < -0.39 is 5.97 Å². The number of carbonyl (C=O) groups is 1. The number of hydrogen-bond donors (Lipinski definition) is 1. The smallest absolute Gasteiger partial charge is 0.356 e. The zero-order valence-corrected chi connectivity index (χ0v) is 11.1. The molecule has 2 aromatic rings. The largest absolute Gasteiger partial charge is 0.476 e. The fourth-order valence-electron chi connectivity index (χ4n) is 2.74. The molecule has 1 aliphatic rings. The van der Waals surface area contributed by atoms with Gasteiger partial charge < -0.3 is 9.67 Å². The summed E-state index contributed by atoms with van der Waals surface area (Å²) in [7, 11) is 0. The van der Waals surface area contributed by atoms with Crippen molar-refractivity contribution < 1.29 is 14.3 Å². The molecule has 1 unspecified atom stereocenters. The number of benzene rings is 1. The summed E-state index contributed by atoms with van der Waals surface area (Å²) in [5.41, 5.74) is 1.46. The normalized spacial score (nSPS) is 17.8. The van der Waals surface area contributed by atoms with Gasteiger partial charge in [0.05, 0.1) is 5.69 Å². The Morgan fingerprint density at radius 2 is 2.30 bits per heavy atom. The van der Waals surface area contributed by atoms with Gasteiger partial charge in [-0.1, -0.05) is 19.1 Å². The van der Waals surface area contributed by atoms with Crippen LogP contribution in [0, 0.1) is 11.7 Å². The van der Waals surface area contributed by atoms with E-state index in [9.17, 15) is 14.3 Å². The van der Waals surface area contributed by atoms with Gasteiger partial charge in [0.15, 0.2) is 5.69 Å². The second-order valence-corrected chi connectivity index (χ2v) is 5.30. The van der Waals surface area contributed by atoms with E-state index >= 15 is 0 Å². The van der Waals surface area contributed by atoms with Crippen molar-refractivity contribution in [2.45, 2.75) is 26.3 Å². The van der Waals surface area contributed by atoms with Gasteiger partial charge in [-0.15, -0.1) is 0 Å². The lowest BCUT2D eigenvalue weighted by atomic mass is 9.99. The number of halogens is 1. The second kappa shape index (κ2) is 4.74. The van der Waals surface area contributed by atoms with E-state index in [0.717, 1.165) is 18.7 Å². The Morgan fingerprint density at radius 3 is 3.00 bits per heavy atom. The lowest BCUT2D eigenvalue weighted by Gasteiger charge is -2.22. The average molecular weight is 274 g/mol. The number of nitrogens with zero attached hydrogens (tertiary/aromatic N) is 2. The number of imidazole rings is 1. The first-order valence-corrected chi connectivity index (χ1v) is 6.65. The molecule has 0 radical (unpaired) electrons. The van der Waals surface area contributed by atoms with E-state index in [-0.39, 0.29) is 11.5 Å². The quantitative estimate of drug-likeness (QED) is 0.916. The summed E-state index contributed by atoms with van der Waals surface area (Å²) < 4.78 is 15.3. The van der Waals surface area contributed by atoms with Crippen LogP contribution in [0.5, 0.6) is 0 Å². The van der Waals surface area contributed by atoms with E-state index in [1.165, 1.54) is 12.1 Å². The van der Waals surface area contributed by atoms with Gasteiger partial charge in [-0.25, -0.2) is 14.2 Å². The Balaban J connectivity index is 2.18. The third-order valence-electron chi connectivity index (χ3n) is 3.73. The van der Waals surface area contributed by atoms with E-state index in [1.807, 2.05) is 4.57 Å². The molecular formula is C15H15FN2O2. The first-order chi connectivity index (χ1) is 9.56. The van der Waals surface area contributed by atoms with Crippen molar-refractivity contribution in [1.82, 2.24) is 9.55 Å². The standard InChI is InChI=1S/C15H15FN2O2/c1-9-5-6-12-13(15(19)20)17-14(18(12)8-9)10-3-2-4-11(16)7-10/h2-4,7,9H,5-6,8H2,1H3,(H,19,20). The molecule has 0 saturated heterocycles. The van der Waals surface area contributed by atoms with Crippen molar-refractivity contribution in [3.05, 3.63) is 41.5 Å². The second-order valence-electron chi connectivity index (χ2n) is 5.30. The van der Waals surface area contributed by atoms with Gasteiger partial charge in [-0.05, 0) is 30.9 Å². The van der Waals surface area contributed by atoms with Crippen molar-refractivity contribution >= 4 is 5.97 Å². The highest BCUT2D eigenvalue weighted by atomic mass is 19.1. The molecule has 0 bridgehead atoms. The maximum atomic E-state index is 13.4. The van der Waals surface area contributed by atoms with Gasteiger partial charge in [0.25, 0.3) is 0 Å². The molecule has 3 rings (SSSR count). The molecule has 1 aromatic carbocycles. The molecule has 0 fully saturated rings. The Morgan fingerprint density at radius 1 is 1.50 bits per heavy atom. The topological polar surface area (TPSA) is 55.1 Å². The zero-order valence-electron chi connectivity index (χ0n) is 11.1. The molecule has 1 aromatic heterocycles. The Kier molecular flexibility index (Phi) is 3.04. The highest BCUT2D eigenvalue weighted by Gasteiger charge is 2.27. The van der Waals surface area contributed by atoms with Crippen molar-refractivity contribution in [2.24, 2.45) is 5.92 Å². The molecule has 0 amide bonds. The SMILES string of the molecule is CC1CCc2c(C(=O)O)nc(-c3cccc(F)c3)n2C1. The number of rotatable bonds is 2. The van der Waals surface area contributed by atoms with Crippen LogP contribution in [-0.2, 0) is 13.0 Å². The third-order valence-corrected chi connectivity index (χ3v) is 3.73. The summed E-state index contributed by atoms with van der Waals surface area (Å²) in [6.07, 6.45) is 1.65. The minimum atomic E-state index is -1.02. The number of fused-ring (bicyclic) bond motifs is 1. The molecule has 0 saturated carbocycles. The molecule has 1 N–H and O–H groups in total. The fourth-order valence-corrected chi connectivity index (χ4v) is 2.74. The molecule has 20 heavy (non-hydrogen) atoms. The first-order valence-electron chi connectivity index (χ1n) is 6.65. The fraction of sp³-hybridized carbons (Fsp3) is 0.333. The summed E-state index contributed by atoms with van der Waals surface area (Å²) in [4.78, 5) is 15.5. The molecule has 2 heterocycles. The van der Waals surface area contributed by atoms with Crippen LogP contribution in [0.15, 0.2) is 24.3 Å². The van der Waals surface area contributed by atoms with E-state index in [0.29, 0.717) is 23.7 Å². The molecule has 4 nitrogen and oxygen atoms in total. The molecule has 0 aliphatic carbocycles. The van der Waals surface area contributed by atoms with Gasteiger partial charge in [0.2, 0.25) is 0 Å². The van der Waals surface area contributed by atoms with E-state index in [2.05, 4.69) is 11.9 Å². The molecule has 0 spiro atoms. The Hall–Kier alpha value is -2.17. The predicted octanol–water partition coefficient (Wildman–Crippen LogP) is 2.97. The van der Waals surface area contributed by atoms with Gasteiger partial charge in [0.1, 0.15) is 11.6 Å². The van der Waals surface area contributed by atoms with Crippen LogP contribution in [0.1, 0.15) is 29.5 Å². The Labute approximate surface area is 115 Å². The van der Waals surface area contributed by atoms with Crippen LogP contribution in [0.2, 0.25) is 0 Å². The lowest BCUT2D eigenvalue weighted by molar-refractivity contribution is 0.0689. The summed E-state index contributed by atoms with van der Waals surface area (Å²) >= 11 is 0. The van der Waals surface area contributed by atoms with Gasteiger partial charge in [-0.3, -0.25) is 0 Å². The first kappa shape index (κ1) is 12.8. The Bertz CT molecular complexity index is 679. The van der Waals surface area contributed by atoms with Gasteiger partial charge in [-0.2, -0.15) is 0 Å². The monoisotopic (exact) mass is 274 g/mol. The van der Waals surface area contributed by atoms with Crippen molar-refractivity contribution in [3.8, 4) is 11.4 Å². The summed E-state index contributed by atoms with van der Waals surface area (Å²) in [5.74, 6) is -0.361. The van der Waals surface area contributed by atoms with Crippen molar-refractivity contribution in [1.29, 1.82) is 0 Å². The predicted molar refractivity (Wildman–Crippen MR) is 72.1 cm³/mol. The average Bonchev–Trinajstić information content (AvgIpc) is 2.77. The number of aromatic nitrogens is 2. The van der Waals surface area contributed by atoms with Crippen LogP contribution in [-0.4, -0.2) is 20.6 Å². The number of carboxylic acid groups (broad SMARTS) is 1. The van der Waals surface area contributed by atoms with Gasteiger partial charge >= 0.3 is 5.97 Å². The van der Waals surface area contributed by atoms with E-state index in [1.54, 1.807) is 12.1 Å². The number of carboxylic acids is 1. The van der Waals surface area contributed by atoms with Crippen LogP contribution in [0.25, 0.3) is 11.4 Å². The molecule has 1 atom stereocenters. The maximum Gasteiger partial charge on any atom is 0.356 e. The summed E-state index contributed by atoms with van der Waals surface area (Å²) in [6.45, 7) is 2.85. The number of hydrogen-bond acceptors (Lipinski definition) is 2. The van der Waals surface area contributed by atoms with Crippen molar-refractivity contribution in [3.63, 3.8) is 0 Å². The summed E-state index contributed by atoms with van der Waals surface area (Å²) in [5, 5.41) is 9.27. The zero-order chi connectivity index (χ0) is 14.3. The molecule has 5 heteroatoms. The molecule has 1 aliphatic heterocycles. The minimum Gasteiger partial charge on any atom is -0.476 e. The van der Waals surface area contributed by atoms with Crippen LogP contribution < -0.4 is 0 Å². The third kappa shape index (κ3) is 2.09. The molecular weight excluding hydrogens is 259 g/mol. The van der Waals surface area contributed by atoms with Crippen LogP contribution in [0.3, 0.4) is 0 Å². The van der Waals surface area contributed by atoms with Crippen molar-refractivity contribution in [2.75, 3.05) is 0 Å².